The fourth-order valence-electron chi connectivity index (χ4n) is 3.92. The molecule has 0 saturated heterocycles. The highest BCUT2D eigenvalue weighted by molar-refractivity contribution is 6.31. The Bertz CT molecular complexity index is 1260. The molecule has 0 amide bonds. The van der Waals surface area contributed by atoms with E-state index in [2.05, 4.69) is 4.98 Å². The van der Waals surface area contributed by atoms with E-state index in [9.17, 15) is 4.79 Å². The highest BCUT2D eigenvalue weighted by Crippen LogP contribution is 2.38. The first-order valence-electron chi connectivity index (χ1n) is 9.54. The van der Waals surface area contributed by atoms with Crippen molar-refractivity contribution in [1.29, 1.82) is 0 Å². The molecule has 0 saturated carbocycles. The molecule has 4 aromatic rings. The first kappa shape index (κ1) is 17.8. The van der Waals surface area contributed by atoms with Gasteiger partial charge in [0, 0.05) is 27.7 Å². The zero-order chi connectivity index (χ0) is 19.8. The zero-order valence-electron chi connectivity index (χ0n) is 15.6. The highest BCUT2D eigenvalue weighted by atomic mass is 35.5. The van der Waals surface area contributed by atoms with Crippen LogP contribution in [0, 0.1) is 0 Å². The monoisotopic (exact) mass is 396 g/mol. The van der Waals surface area contributed by atoms with Crippen LogP contribution in [0.25, 0.3) is 28.1 Å². The third-order valence-corrected chi connectivity index (χ3v) is 5.48. The van der Waals surface area contributed by atoms with Gasteiger partial charge in [-0.2, -0.15) is 0 Å². The molecule has 0 aliphatic heterocycles. The summed E-state index contributed by atoms with van der Waals surface area (Å²) >= 11 is 6.30. The predicted molar refractivity (Wildman–Crippen MR) is 117 cm³/mol. The van der Waals surface area contributed by atoms with Crippen LogP contribution in [-0.4, -0.2) is 15.8 Å². The maximum absolute atomic E-state index is 13.6. The molecule has 0 fully saturated rings. The van der Waals surface area contributed by atoms with Crippen LogP contribution in [0.3, 0.4) is 0 Å². The normalized spacial score (nSPS) is 14.9. The van der Waals surface area contributed by atoms with Crippen LogP contribution in [-0.2, 0) is 6.42 Å². The lowest BCUT2D eigenvalue weighted by Gasteiger charge is -2.22. The molecule has 0 bridgehead atoms. The fraction of sp³-hybridized carbons (Fsp3) is 0.0800. The summed E-state index contributed by atoms with van der Waals surface area (Å²) in [6.07, 6.45) is 5.00. The maximum Gasteiger partial charge on any atom is 0.191 e. The van der Waals surface area contributed by atoms with E-state index in [1.54, 1.807) is 6.20 Å². The SMILES string of the molecule is O=C1C(=Cc2ccccn2)CCc2nc3ccc(Cl)cc3c(-c3ccccc3)c21. The number of fused-ring (bicyclic) bond motifs is 2. The van der Waals surface area contributed by atoms with E-state index in [1.165, 1.54) is 0 Å². The molecular weight excluding hydrogens is 380 g/mol. The van der Waals surface area contributed by atoms with Crippen molar-refractivity contribution in [3.63, 3.8) is 0 Å². The largest absolute Gasteiger partial charge is 0.289 e. The minimum Gasteiger partial charge on any atom is -0.289 e. The Morgan fingerprint density at radius 3 is 2.52 bits per heavy atom. The van der Waals surface area contributed by atoms with Crippen molar-refractivity contribution in [2.24, 2.45) is 0 Å². The van der Waals surface area contributed by atoms with Gasteiger partial charge in [-0.25, -0.2) is 0 Å². The van der Waals surface area contributed by atoms with Crippen molar-refractivity contribution in [3.05, 3.63) is 100 Å². The van der Waals surface area contributed by atoms with Gasteiger partial charge in [0.15, 0.2) is 5.78 Å². The van der Waals surface area contributed by atoms with Crippen molar-refractivity contribution in [2.75, 3.05) is 0 Å². The van der Waals surface area contributed by atoms with Gasteiger partial charge in [0.1, 0.15) is 0 Å². The van der Waals surface area contributed by atoms with Crippen LogP contribution in [0.15, 0.2) is 78.5 Å². The van der Waals surface area contributed by atoms with E-state index in [0.717, 1.165) is 45.4 Å². The Morgan fingerprint density at radius 1 is 0.897 bits per heavy atom. The quantitative estimate of drug-likeness (QED) is 0.381. The number of pyridine rings is 2. The molecule has 5 rings (SSSR count). The summed E-state index contributed by atoms with van der Waals surface area (Å²) in [5.41, 5.74) is 5.84. The Labute approximate surface area is 173 Å². The number of halogens is 1. The number of rotatable bonds is 2. The molecule has 2 aromatic carbocycles. The number of hydrogen-bond acceptors (Lipinski definition) is 3. The number of carbonyl (C=O) groups excluding carboxylic acids is 1. The van der Waals surface area contributed by atoms with E-state index < -0.39 is 0 Å². The van der Waals surface area contributed by atoms with Gasteiger partial charge in [0.05, 0.1) is 22.5 Å². The average molecular weight is 397 g/mol. The Morgan fingerprint density at radius 2 is 1.72 bits per heavy atom. The van der Waals surface area contributed by atoms with Crippen LogP contribution >= 0.6 is 11.6 Å². The molecule has 140 valence electrons. The third-order valence-electron chi connectivity index (χ3n) is 5.24. The van der Waals surface area contributed by atoms with Gasteiger partial charge < -0.3 is 0 Å². The summed E-state index contributed by atoms with van der Waals surface area (Å²) in [7, 11) is 0. The second-order valence-electron chi connectivity index (χ2n) is 7.09. The molecule has 2 heterocycles. The Kier molecular flexibility index (Phi) is 4.45. The first-order valence-corrected chi connectivity index (χ1v) is 9.92. The molecule has 0 radical (unpaired) electrons. The molecule has 0 N–H and O–H groups in total. The molecule has 0 unspecified atom stereocenters. The van der Waals surface area contributed by atoms with Gasteiger partial charge in [-0.05, 0) is 54.8 Å². The number of carbonyl (C=O) groups is 1. The standard InChI is InChI=1S/C25H17ClN2O/c26-18-10-12-21-20(15-18)23(16-6-2-1-3-7-16)24-22(28-21)11-9-17(25(24)29)14-19-8-4-5-13-27-19/h1-8,10,12-15H,9,11H2. The van der Waals surface area contributed by atoms with E-state index >= 15 is 0 Å². The molecule has 1 aliphatic rings. The molecule has 3 nitrogen and oxygen atoms in total. The molecule has 29 heavy (non-hydrogen) atoms. The highest BCUT2D eigenvalue weighted by Gasteiger charge is 2.28. The van der Waals surface area contributed by atoms with Crippen LogP contribution in [0.2, 0.25) is 5.02 Å². The summed E-state index contributed by atoms with van der Waals surface area (Å²) < 4.78 is 0. The fourth-order valence-corrected chi connectivity index (χ4v) is 4.09. The molecule has 0 atom stereocenters. The molecule has 1 aliphatic carbocycles. The smallest absolute Gasteiger partial charge is 0.191 e. The summed E-state index contributed by atoms with van der Waals surface area (Å²) in [4.78, 5) is 22.7. The first-order chi connectivity index (χ1) is 14.2. The topological polar surface area (TPSA) is 42.9 Å². The van der Waals surface area contributed by atoms with Gasteiger partial charge in [-0.3, -0.25) is 14.8 Å². The van der Waals surface area contributed by atoms with E-state index in [4.69, 9.17) is 16.6 Å². The zero-order valence-corrected chi connectivity index (χ0v) is 16.4. The number of ketones is 1. The number of aryl methyl sites for hydroxylation is 1. The van der Waals surface area contributed by atoms with Crippen molar-refractivity contribution in [3.8, 4) is 11.1 Å². The van der Waals surface area contributed by atoms with E-state index in [-0.39, 0.29) is 5.78 Å². The van der Waals surface area contributed by atoms with Gasteiger partial charge >= 0.3 is 0 Å². The van der Waals surface area contributed by atoms with E-state index in [0.29, 0.717) is 17.0 Å². The number of allylic oxidation sites excluding steroid dienone is 1. The van der Waals surface area contributed by atoms with Gasteiger partial charge in [0.25, 0.3) is 0 Å². The number of nitrogens with zero attached hydrogens (tertiary/aromatic N) is 2. The average Bonchev–Trinajstić information content (AvgIpc) is 2.76. The number of Topliss-reactive ketones (excluding diaryl/α,β-unsaturated/α-hetero) is 1. The summed E-state index contributed by atoms with van der Waals surface area (Å²) in [5, 5.41) is 1.53. The van der Waals surface area contributed by atoms with Crippen molar-refractivity contribution < 1.29 is 4.79 Å². The lowest BCUT2D eigenvalue weighted by molar-refractivity contribution is 0.102. The summed E-state index contributed by atoms with van der Waals surface area (Å²) in [6, 6.07) is 21.4. The number of benzene rings is 2. The van der Waals surface area contributed by atoms with Crippen molar-refractivity contribution in [1.82, 2.24) is 9.97 Å². The lowest BCUT2D eigenvalue weighted by Crippen LogP contribution is -2.17. The van der Waals surface area contributed by atoms with Crippen LogP contribution in [0.5, 0.6) is 0 Å². The van der Waals surface area contributed by atoms with Crippen molar-refractivity contribution in [2.45, 2.75) is 12.8 Å². The van der Waals surface area contributed by atoms with Gasteiger partial charge in [-0.1, -0.05) is 48.0 Å². The van der Waals surface area contributed by atoms with Crippen LogP contribution in [0.1, 0.15) is 28.2 Å². The number of aromatic nitrogens is 2. The minimum absolute atomic E-state index is 0.0186. The second-order valence-corrected chi connectivity index (χ2v) is 7.53. The van der Waals surface area contributed by atoms with E-state index in [1.807, 2.05) is 72.8 Å². The maximum atomic E-state index is 13.6. The number of hydrogen-bond donors (Lipinski definition) is 0. The minimum atomic E-state index is 0.0186. The third kappa shape index (κ3) is 3.24. The summed E-state index contributed by atoms with van der Waals surface area (Å²) in [6.45, 7) is 0. The van der Waals surface area contributed by atoms with Gasteiger partial charge in [-0.15, -0.1) is 0 Å². The Hall–Kier alpha value is -3.30. The van der Waals surface area contributed by atoms with Crippen LogP contribution < -0.4 is 0 Å². The second kappa shape index (κ2) is 7.26. The molecule has 2 aromatic heterocycles. The molecular formula is C25H17ClN2O. The Balaban J connectivity index is 1.77. The summed E-state index contributed by atoms with van der Waals surface area (Å²) in [5.74, 6) is 0.0186. The predicted octanol–water partition coefficient (Wildman–Crippen LogP) is 6.16. The van der Waals surface area contributed by atoms with Crippen molar-refractivity contribution >= 4 is 34.4 Å². The lowest BCUT2D eigenvalue weighted by atomic mass is 9.83. The molecule has 4 heteroatoms. The molecule has 0 spiro atoms. The van der Waals surface area contributed by atoms with Crippen LogP contribution in [0.4, 0.5) is 0 Å². The van der Waals surface area contributed by atoms with Gasteiger partial charge in [0.2, 0.25) is 0 Å².